The number of amides is 2. The lowest BCUT2D eigenvalue weighted by Gasteiger charge is -2.35. The van der Waals surface area contributed by atoms with Gasteiger partial charge < -0.3 is 21.9 Å². The van der Waals surface area contributed by atoms with E-state index in [0.717, 1.165) is 18.4 Å². The molecule has 178 valence electrons. The highest BCUT2D eigenvalue weighted by Gasteiger charge is 2.54. The van der Waals surface area contributed by atoms with Crippen LogP contribution in [0, 0.1) is 5.92 Å². The summed E-state index contributed by atoms with van der Waals surface area (Å²) in [6.45, 7) is -0.214. The number of carbonyl (C=O) groups is 2. The van der Waals surface area contributed by atoms with Gasteiger partial charge in [-0.3, -0.25) is 14.5 Å². The minimum atomic E-state index is -4.38. The number of hydrogen-bond donors (Lipinski definition) is 4. The summed E-state index contributed by atoms with van der Waals surface area (Å²) in [5.74, 6) is -1.46. The molecule has 2 amide bonds. The smallest absolute Gasteiger partial charge is 0.390 e. The molecule has 0 bridgehead atoms. The molecule has 6 N–H and O–H groups in total. The zero-order chi connectivity index (χ0) is 23.5. The maximum atomic E-state index is 13.7. The van der Waals surface area contributed by atoms with Gasteiger partial charge in [-0.05, 0) is 37.2 Å². The molecule has 1 aromatic carbocycles. The standard InChI is InChI=1S/C22H31F3N4O3/c23-22(24,25)19-10-14-7-4-8-17(14)29(19)12-18(30)16(9-13-5-2-1-3-6-13)28-21(32)15(26)11-20(27)31/h1-3,5-6,14-19,30H,4,7-12,26H2,(H2,27,31)(H,28,32)/t14-,15-,16-,17-,18+,19-/m0/s1. The summed E-state index contributed by atoms with van der Waals surface area (Å²) < 4.78 is 41.1. The highest BCUT2D eigenvalue weighted by atomic mass is 19.4. The molecule has 10 heteroatoms. The van der Waals surface area contributed by atoms with Crippen LogP contribution < -0.4 is 16.8 Å². The van der Waals surface area contributed by atoms with Gasteiger partial charge in [-0.15, -0.1) is 0 Å². The van der Waals surface area contributed by atoms with E-state index in [1.165, 1.54) is 4.90 Å². The van der Waals surface area contributed by atoms with Gasteiger partial charge in [0.1, 0.15) is 6.04 Å². The summed E-state index contributed by atoms with van der Waals surface area (Å²) >= 11 is 0. The molecule has 6 atom stereocenters. The molecule has 0 aromatic heterocycles. The van der Waals surface area contributed by atoms with Crippen LogP contribution in [-0.2, 0) is 16.0 Å². The van der Waals surface area contributed by atoms with E-state index in [1.54, 1.807) is 24.3 Å². The summed E-state index contributed by atoms with van der Waals surface area (Å²) in [4.78, 5) is 24.9. The van der Waals surface area contributed by atoms with Crippen molar-refractivity contribution >= 4 is 11.8 Å². The topological polar surface area (TPSA) is 122 Å². The van der Waals surface area contributed by atoms with Crippen molar-refractivity contribution in [2.75, 3.05) is 6.54 Å². The van der Waals surface area contributed by atoms with Gasteiger partial charge in [0.15, 0.2) is 0 Å². The first kappa shape index (κ1) is 24.5. The largest absolute Gasteiger partial charge is 0.404 e. The molecule has 32 heavy (non-hydrogen) atoms. The van der Waals surface area contributed by atoms with Gasteiger partial charge in [0.2, 0.25) is 11.8 Å². The Kier molecular flexibility index (Phi) is 7.79. The van der Waals surface area contributed by atoms with Crippen LogP contribution in [0.1, 0.15) is 37.7 Å². The number of alkyl halides is 3. The maximum Gasteiger partial charge on any atom is 0.404 e. The number of benzene rings is 1. The number of nitrogens with two attached hydrogens (primary N) is 2. The molecule has 1 saturated carbocycles. The quantitative estimate of drug-likeness (QED) is 0.443. The van der Waals surface area contributed by atoms with Crippen molar-refractivity contribution in [3.8, 4) is 0 Å². The van der Waals surface area contributed by atoms with Crippen LogP contribution in [0.25, 0.3) is 0 Å². The van der Waals surface area contributed by atoms with E-state index in [4.69, 9.17) is 11.5 Å². The molecule has 1 heterocycles. The maximum absolute atomic E-state index is 13.7. The van der Waals surface area contributed by atoms with Crippen molar-refractivity contribution in [1.82, 2.24) is 10.2 Å². The SMILES string of the molecule is NC(=O)C[C@H](N)C(=O)N[C@@H](Cc1ccccc1)[C@H](O)CN1[C@H](C(F)(F)F)C[C@@H]2CCC[C@@H]21. The fourth-order valence-corrected chi connectivity index (χ4v) is 5.06. The monoisotopic (exact) mass is 456 g/mol. The third-order valence-corrected chi connectivity index (χ3v) is 6.60. The molecule has 0 radical (unpaired) electrons. The van der Waals surface area contributed by atoms with Crippen LogP contribution in [-0.4, -0.2) is 64.8 Å². The molecule has 1 aromatic rings. The number of carbonyl (C=O) groups excluding carboxylic acids is 2. The van der Waals surface area contributed by atoms with Gasteiger partial charge in [-0.25, -0.2) is 0 Å². The average molecular weight is 457 g/mol. The number of fused-ring (bicyclic) bond motifs is 1. The molecular weight excluding hydrogens is 425 g/mol. The Morgan fingerprint density at radius 2 is 1.91 bits per heavy atom. The van der Waals surface area contributed by atoms with Gasteiger partial charge in [0.25, 0.3) is 0 Å². The summed E-state index contributed by atoms with van der Waals surface area (Å²) in [6.07, 6.45) is -3.46. The van der Waals surface area contributed by atoms with Crippen molar-refractivity contribution in [2.24, 2.45) is 17.4 Å². The first-order chi connectivity index (χ1) is 15.1. The molecule has 1 saturated heterocycles. The lowest BCUT2D eigenvalue weighted by atomic mass is 9.99. The van der Waals surface area contributed by atoms with Crippen LogP contribution in [0.4, 0.5) is 13.2 Å². The minimum Gasteiger partial charge on any atom is -0.390 e. The second-order valence-electron chi connectivity index (χ2n) is 8.90. The van der Waals surface area contributed by atoms with Gasteiger partial charge in [0.05, 0.1) is 24.6 Å². The number of likely N-dealkylation sites (tertiary alicyclic amines) is 1. The molecular formula is C22H31F3N4O3. The predicted molar refractivity (Wildman–Crippen MR) is 112 cm³/mol. The lowest BCUT2D eigenvalue weighted by molar-refractivity contribution is -0.182. The number of nitrogens with zero attached hydrogens (tertiary/aromatic N) is 1. The highest BCUT2D eigenvalue weighted by molar-refractivity contribution is 5.87. The Morgan fingerprint density at radius 1 is 1.22 bits per heavy atom. The number of β-amino-alcohol motifs (C(OH)–C–C–N with tert-alkyl or cyclic N) is 1. The predicted octanol–water partition coefficient (Wildman–Crippen LogP) is 1.08. The zero-order valence-electron chi connectivity index (χ0n) is 17.8. The van der Waals surface area contributed by atoms with Crippen LogP contribution in [0.5, 0.6) is 0 Å². The molecule has 1 aliphatic carbocycles. The second kappa shape index (κ2) is 10.2. The summed E-state index contributed by atoms with van der Waals surface area (Å²) in [5, 5.41) is 13.6. The molecule has 1 aliphatic heterocycles. The number of nitrogens with one attached hydrogen (secondary N) is 1. The van der Waals surface area contributed by atoms with E-state index in [9.17, 15) is 27.9 Å². The number of primary amides is 1. The lowest BCUT2D eigenvalue weighted by Crippen LogP contribution is -2.56. The first-order valence-corrected chi connectivity index (χ1v) is 10.9. The average Bonchev–Trinajstić information content (AvgIpc) is 3.30. The highest BCUT2D eigenvalue weighted by Crippen LogP contribution is 2.46. The zero-order valence-corrected chi connectivity index (χ0v) is 17.8. The number of halogens is 3. The number of rotatable bonds is 9. The third-order valence-electron chi connectivity index (χ3n) is 6.60. The minimum absolute atomic E-state index is 0.0278. The molecule has 3 rings (SSSR count). The van der Waals surface area contributed by atoms with Gasteiger partial charge in [-0.1, -0.05) is 36.8 Å². The van der Waals surface area contributed by atoms with Crippen LogP contribution in [0.3, 0.4) is 0 Å². The molecule has 2 aliphatic rings. The molecule has 7 nitrogen and oxygen atoms in total. The van der Waals surface area contributed by atoms with E-state index in [1.807, 2.05) is 6.07 Å². The van der Waals surface area contributed by atoms with Crippen molar-refractivity contribution in [3.63, 3.8) is 0 Å². The Labute approximate surface area is 185 Å². The van der Waals surface area contributed by atoms with Crippen LogP contribution >= 0.6 is 0 Å². The van der Waals surface area contributed by atoms with Crippen molar-refractivity contribution in [1.29, 1.82) is 0 Å². The Bertz CT molecular complexity index is 792. The van der Waals surface area contributed by atoms with Gasteiger partial charge in [-0.2, -0.15) is 13.2 Å². The van der Waals surface area contributed by atoms with Crippen molar-refractivity contribution in [3.05, 3.63) is 35.9 Å². The number of aliphatic hydroxyl groups excluding tert-OH is 1. The van der Waals surface area contributed by atoms with Crippen LogP contribution in [0.2, 0.25) is 0 Å². The van der Waals surface area contributed by atoms with Crippen LogP contribution in [0.15, 0.2) is 30.3 Å². The third kappa shape index (κ3) is 5.99. The van der Waals surface area contributed by atoms with Gasteiger partial charge in [0, 0.05) is 12.6 Å². The van der Waals surface area contributed by atoms with E-state index < -0.39 is 42.2 Å². The van der Waals surface area contributed by atoms with E-state index in [-0.39, 0.29) is 37.8 Å². The molecule has 0 unspecified atom stereocenters. The first-order valence-electron chi connectivity index (χ1n) is 10.9. The van der Waals surface area contributed by atoms with E-state index in [0.29, 0.717) is 6.42 Å². The second-order valence-corrected chi connectivity index (χ2v) is 8.90. The van der Waals surface area contributed by atoms with Gasteiger partial charge >= 0.3 is 6.18 Å². The van der Waals surface area contributed by atoms with Crippen molar-refractivity contribution in [2.45, 2.75) is 75.0 Å². The summed E-state index contributed by atoms with van der Waals surface area (Å²) in [7, 11) is 0. The number of hydrogen-bond acceptors (Lipinski definition) is 5. The van der Waals surface area contributed by atoms with Crippen molar-refractivity contribution < 1.29 is 27.9 Å². The summed E-state index contributed by atoms with van der Waals surface area (Å²) in [6, 6.07) is 5.11. The Hall–Kier alpha value is -2.17. The van der Waals surface area contributed by atoms with E-state index in [2.05, 4.69) is 5.32 Å². The molecule has 0 spiro atoms. The Morgan fingerprint density at radius 3 is 2.53 bits per heavy atom. The fourth-order valence-electron chi connectivity index (χ4n) is 5.06. The fraction of sp³-hybridized carbons (Fsp3) is 0.636. The normalized spacial score (nSPS) is 26.3. The van der Waals surface area contributed by atoms with E-state index >= 15 is 0 Å². The number of aliphatic hydroxyl groups is 1. The molecule has 2 fully saturated rings. The Balaban J connectivity index is 1.76. The summed E-state index contributed by atoms with van der Waals surface area (Å²) in [5.41, 5.74) is 11.6.